The summed E-state index contributed by atoms with van der Waals surface area (Å²) in [5, 5.41) is 9.11. The number of nitrogens with zero attached hydrogens (tertiary/aromatic N) is 2. The Bertz CT molecular complexity index is 1180. The van der Waals surface area contributed by atoms with Crippen LogP contribution in [-0.2, 0) is 16.1 Å². The minimum Gasteiger partial charge on any atom is -0.480 e. The molecule has 4 rings (SSSR count). The van der Waals surface area contributed by atoms with Crippen LogP contribution in [0.2, 0.25) is 0 Å². The number of imide groups is 1. The van der Waals surface area contributed by atoms with Crippen LogP contribution in [0.5, 0.6) is 0 Å². The van der Waals surface area contributed by atoms with Gasteiger partial charge in [-0.15, -0.1) is 0 Å². The van der Waals surface area contributed by atoms with E-state index in [4.69, 9.17) is 5.11 Å². The van der Waals surface area contributed by atoms with Crippen molar-refractivity contribution < 1.29 is 23.9 Å². The Labute approximate surface area is 169 Å². The third-order valence-corrected chi connectivity index (χ3v) is 5.48. The van der Waals surface area contributed by atoms with Crippen LogP contribution in [-0.4, -0.2) is 38.2 Å². The van der Waals surface area contributed by atoms with Gasteiger partial charge in [0.2, 0.25) is 0 Å². The summed E-state index contributed by atoms with van der Waals surface area (Å²) in [6.45, 7) is -0.363. The second-order valence-corrected chi connectivity index (χ2v) is 7.48. The fraction of sp³-hybridized carbons (Fsp3) is 0.0952. The van der Waals surface area contributed by atoms with Crippen LogP contribution in [0, 0.1) is 5.82 Å². The first-order valence-corrected chi connectivity index (χ1v) is 9.54. The third-order valence-electron chi connectivity index (χ3n) is 4.57. The number of aliphatic carboxylic acids is 1. The summed E-state index contributed by atoms with van der Waals surface area (Å²) in [4.78, 5) is 36.2. The van der Waals surface area contributed by atoms with Gasteiger partial charge in [0.15, 0.2) is 0 Å². The maximum absolute atomic E-state index is 14.1. The summed E-state index contributed by atoms with van der Waals surface area (Å²) in [5.41, 5.74) is 2.08. The van der Waals surface area contributed by atoms with Gasteiger partial charge in [-0.3, -0.25) is 19.3 Å². The van der Waals surface area contributed by atoms with E-state index in [1.807, 2.05) is 28.8 Å². The number of hydrogen-bond acceptors (Lipinski definition) is 4. The molecule has 29 heavy (non-hydrogen) atoms. The fourth-order valence-electron chi connectivity index (χ4n) is 3.24. The summed E-state index contributed by atoms with van der Waals surface area (Å²) in [6, 6.07) is 14.0. The van der Waals surface area contributed by atoms with Gasteiger partial charge in [-0.05, 0) is 30.0 Å². The molecule has 2 amide bonds. The zero-order valence-corrected chi connectivity index (χ0v) is 15.9. The molecule has 0 aliphatic carbocycles. The first kappa shape index (κ1) is 18.9. The van der Waals surface area contributed by atoms with Crippen LogP contribution in [0.25, 0.3) is 17.0 Å². The molecule has 8 heteroatoms. The van der Waals surface area contributed by atoms with Crippen LogP contribution in [0.1, 0.15) is 11.1 Å². The van der Waals surface area contributed by atoms with Gasteiger partial charge in [-0.25, -0.2) is 4.39 Å². The number of amides is 2. The average Bonchev–Trinajstić information content (AvgIpc) is 3.16. The van der Waals surface area contributed by atoms with E-state index in [0.29, 0.717) is 34.3 Å². The number of carboxylic acid groups (broad SMARTS) is 1. The van der Waals surface area contributed by atoms with Gasteiger partial charge in [-0.2, -0.15) is 0 Å². The lowest BCUT2D eigenvalue weighted by molar-refractivity contribution is -0.140. The van der Waals surface area contributed by atoms with Gasteiger partial charge in [0.25, 0.3) is 11.1 Å². The molecule has 0 atom stereocenters. The molecule has 1 N–H and O–H groups in total. The van der Waals surface area contributed by atoms with Crippen molar-refractivity contribution in [3.05, 3.63) is 76.6 Å². The number of para-hydroxylation sites is 1. The summed E-state index contributed by atoms with van der Waals surface area (Å²) in [6.07, 6.45) is 3.37. The van der Waals surface area contributed by atoms with E-state index in [1.54, 1.807) is 30.5 Å². The zero-order chi connectivity index (χ0) is 20.5. The van der Waals surface area contributed by atoms with E-state index >= 15 is 0 Å². The number of aromatic nitrogens is 1. The smallest absolute Gasteiger partial charge is 0.323 e. The quantitative estimate of drug-likeness (QED) is 0.645. The predicted octanol–water partition coefficient (Wildman–Crippen LogP) is 3.95. The Morgan fingerprint density at radius 2 is 1.83 bits per heavy atom. The van der Waals surface area contributed by atoms with Gasteiger partial charge < -0.3 is 9.67 Å². The highest BCUT2D eigenvalue weighted by atomic mass is 32.2. The lowest BCUT2D eigenvalue weighted by atomic mass is 10.1. The molecule has 0 spiro atoms. The molecule has 1 saturated heterocycles. The van der Waals surface area contributed by atoms with Crippen molar-refractivity contribution >= 4 is 45.9 Å². The summed E-state index contributed by atoms with van der Waals surface area (Å²) in [5.74, 6) is -2.19. The van der Waals surface area contributed by atoms with Crippen molar-refractivity contribution in [3.63, 3.8) is 0 Å². The number of fused-ring (bicyclic) bond motifs is 1. The largest absolute Gasteiger partial charge is 0.480 e. The van der Waals surface area contributed by atoms with Gasteiger partial charge in [0.1, 0.15) is 12.4 Å². The molecule has 0 unspecified atom stereocenters. The van der Waals surface area contributed by atoms with Crippen molar-refractivity contribution in [1.29, 1.82) is 0 Å². The molecule has 1 aliphatic heterocycles. The van der Waals surface area contributed by atoms with Crippen LogP contribution < -0.4 is 0 Å². The number of carbonyl (C=O) groups excluding carboxylic acids is 2. The standard InChI is InChI=1S/C21H15FN2O4S/c22-16-7-3-1-5-13(16)10-23-11-14(15-6-2-4-8-17(15)23)9-18-20(27)24(12-19(25)26)21(28)29-18/h1-9,11H,10,12H2,(H,25,26)/b18-9+. The van der Waals surface area contributed by atoms with Crippen molar-refractivity contribution in [1.82, 2.24) is 9.47 Å². The number of halogens is 1. The second-order valence-electron chi connectivity index (χ2n) is 6.48. The third kappa shape index (κ3) is 3.66. The van der Waals surface area contributed by atoms with Crippen molar-refractivity contribution in [2.75, 3.05) is 6.54 Å². The Hall–Kier alpha value is -3.39. The lowest BCUT2D eigenvalue weighted by Gasteiger charge is -2.07. The Morgan fingerprint density at radius 3 is 2.59 bits per heavy atom. The van der Waals surface area contributed by atoms with E-state index in [2.05, 4.69) is 0 Å². The SMILES string of the molecule is O=C(O)CN1C(=O)S/C(=C/c2cn(Cc3ccccc3F)c3ccccc23)C1=O. The minimum atomic E-state index is -1.25. The van der Waals surface area contributed by atoms with Crippen LogP contribution in [0.3, 0.4) is 0 Å². The van der Waals surface area contributed by atoms with Gasteiger partial charge in [0, 0.05) is 28.2 Å². The van der Waals surface area contributed by atoms with Gasteiger partial charge >= 0.3 is 5.97 Å². The number of hydrogen-bond donors (Lipinski definition) is 1. The van der Waals surface area contributed by atoms with E-state index in [1.165, 1.54) is 6.07 Å². The summed E-state index contributed by atoms with van der Waals surface area (Å²) < 4.78 is 16.0. The fourth-order valence-corrected chi connectivity index (χ4v) is 4.07. The molecule has 1 fully saturated rings. The molecule has 0 radical (unpaired) electrons. The number of carboxylic acids is 1. The molecule has 6 nitrogen and oxygen atoms in total. The van der Waals surface area contributed by atoms with E-state index in [9.17, 15) is 18.8 Å². The average molecular weight is 410 g/mol. The molecule has 1 aliphatic rings. The molecule has 3 aromatic rings. The van der Waals surface area contributed by atoms with Gasteiger partial charge in [0.05, 0.1) is 11.4 Å². The number of rotatable bonds is 5. The highest BCUT2D eigenvalue weighted by Gasteiger charge is 2.36. The Balaban J connectivity index is 1.73. The molecule has 2 heterocycles. The zero-order valence-electron chi connectivity index (χ0n) is 15.0. The van der Waals surface area contributed by atoms with Crippen molar-refractivity contribution in [2.24, 2.45) is 0 Å². The highest BCUT2D eigenvalue weighted by Crippen LogP contribution is 2.34. The van der Waals surface area contributed by atoms with E-state index < -0.39 is 23.7 Å². The molecule has 0 bridgehead atoms. The maximum Gasteiger partial charge on any atom is 0.323 e. The van der Waals surface area contributed by atoms with Crippen LogP contribution in [0.4, 0.5) is 9.18 Å². The van der Waals surface area contributed by atoms with Crippen LogP contribution >= 0.6 is 11.8 Å². The molecule has 2 aromatic carbocycles. The normalized spacial score (nSPS) is 15.6. The van der Waals surface area contributed by atoms with Gasteiger partial charge in [-0.1, -0.05) is 36.4 Å². The molecule has 0 saturated carbocycles. The molecule has 146 valence electrons. The minimum absolute atomic E-state index is 0.157. The first-order chi connectivity index (χ1) is 13.9. The summed E-state index contributed by atoms with van der Waals surface area (Å²) in [7, 11) is 0. The maximum atomic E-state index is 14.1. The monoisotopic (exact) mass is 410 g/mol. The van der Waals surface area contributed by atoms with Crippen molar-refractivity contribution in [3.8, 4) is 0 Å². The Morgan fingerprint density at radius 1 is 1.10 bits per heavy atom. The number of benzene rings is 2. The Kier molecular flexibility index (Phi) is 4.94. The van der Waals surface area contributed by atoms with E-state index in [-0.39, 0.29) is 10.7 Å². The summed E-state index contributed by atoms with van der Waals surface area (Å²) >= 11 is 0.709. The first-order valence-electron chi connectivity index (χ1n) is 8.72. The number of thioether (sulfide) groups is 1. The second kappa shape index (κ2) is 7.56. The highest BCUT2D eigenvalue weighted by molar-refractivity contribution is 8.18. The lowest BCUT2D eigenvalue weighted by Crippen LogP contribution is -2.33. The molecular formula is C21H15FN2O4S. The molecular weight excluding hydrogens is 395 g/mol. The van der Waals surface area contributed by atoms with E-state index in [0.717, 1.165) is 10.9 Å². The molecule has 1 aromatic heterocycles. The predicted molar refractivity (Wildman–Crippen MR) is 108 cm³/mol. The van der Waals surface area contributed by atoms with Crippen LogP contribution in [0.15, 0.2) is 59.6 Å². The van der Waals surface area contributed by atoms with Crippen molar-refractivity contribution in [2.45, 2.75) is 6.54 Å². The number of carbonyl (C=O) groups is 3. The topological polar surface area (TPSA) is 79.6 Å².